The molecule has 0 saturated carbocycles. The fraction of sp³-hybridized carbons (Fsp3) is 0.889. The smallest absolute Gasteiger partial charge is 0.304 e. The highest BCUT2D eigenvalue weighted by molar-refractivity contribution is 7.99. The average Bonchev–Trinajstić information content (AvgIpc) is 2.19. The molecular formula is C9H18O5S. The third-order valence-corrected chi connectivity index (χ3v) is 2.63. The number of hydrogen-bond acceptors (Lipinski definition) is 5. The van der Waals surface area contributed by atoms with E-state index in [9.17, 15) is 9.90 Å². The van der Waals surface area contributed by atoms with Crippen LogP contribution in [0.5, 0.6) is 0 Å². The van der Waals surface area contributed by atoms with Crippen LogP contribution in [0.3, 0.4) is 0 Å². The predicted octanol–water partition coefficient (Wildman–Crippen LogP) is 0.218. The second-order valence-corrected chi connectivity index (χ2v) is 4.09. The fourth-order valence-electron chi connectivity index (χ4n) is 0.789. The van der Waals surface area contributed by atoms with Crippen molar-refractivity contribution in [2.24, 2.45) is 0 Å². The molecule has 6 heteroatoms. The number of carboxylic acid groups (broad SMARTS) is 1. The van der Waals surface area contributed by atoms with Gasteiger partial charge in [-0.3, -0.25) is 4.79 Å². The van der Waals surface area contributed by atoms with Gasteiger partial charge in [-0.25, -0.2) is 0 Å². The summed E-state index contributed by atoms with van der Waals surface area (Å²) < 4.78 is 9.88. The maximum atomic E-state index is 10.2. The van der Waals surface area contributed by atoms with Gasteiger partial charge in [-0.15, -0.1) is 0 Å². The number of aliphatic carboxylic acids is 1. The van der Waals surface area contributed by atoms with Gasteiger partial charge in [0.25, 0.3) is 0 Å². The first-order valence-electron chi connectivity index (χ1n) is 4.71. The van der Waals surface area contributed by atoms with E-state index in [2.05, 4.69) is 0 Å². The topological polar surface area (TPSA) is 76.0 Å². The van der Waals surface area contributed by atoms with Crippen LogP contribution >= 0.6 is 11.8 Å². The first-order valence-corrected chi connectivity index (χ1v) is 5.86. The van der Waals surface area contributed by atoms with Crippen molar-refractivity contribution in [3.63, 3.8) is 0 Å². The molecule has 0 aliphatic rings. The molecule has 0 radical (unpaired) electrons. The maximum absolute atomic E-state index is 10.2. The highest BCUT2D eigenvalue weighted by atomic mass is 32.2. The Balaban J connectivity index is 3.18. The number of aliphatic hydroxyl groups excluding tert-OH is 1. The van der Waals surface area contributed by atoms with Crippen molar-refractivity contribution in [2.45, 2.75) is 12.5 Å². The molecule has 1 unspecified atom stereocenters. The zero-order valence-corrected chi connectivity index (χ0v) is 9.66. The minimum Gasteiger partial charge on any atom is -0.481 e. The molecule has 0 saturated heterocycles. The van der Waals surface area contributed by atoms with Crippen molar-refractivity contribution >= 4 is 17.7 Å². The van der Waals surface area contributed by atoms with E-state index in [-0.39, 0.29) is 13.0 Å². The summed E-state index contributed by atoms with van der Waals surface area (Å²) in [6.07, 6.45) is -0.414. The van der Waals surface area contributed by atoms with E-state index in [0.717, 1.165) is 0 Å². The van der Waals surface area contributed by atoms with Gasteiger partial charge < -0.3 is 19.7 Å². The summed E-state index contributed by atoms with van der Waals surface area (Å²) >= 11 is 1.41. The Morgan fingerprint density at radius 3 is 2.80 bits per heavy atom. The van der Waals surface area contributed by atoms with Crippen LogP contribution in [0.1, 0.15) is 6.42 Å². The fourth-order valence-corrected chi connectivity index (χ4v) is 1.64. The molecule has 0 bridgehead atoms. The van der Waals surface area contributed by atoms with Gasteiger partial charge in [-0.2, -0.15) is 11.8 Å². The van der Waals surface area contributed by atoms with E-state index >= 15 is 0 Å². The summed E-state index contributed by atoms with van der Waals surface area (Å²) in [6, 6.07) is 0. The van der Waals surface area contributed by atoms with Crippen LogP contribution in [0.4, 0.5) is 0 Å². The summed E-state index contributed by atoms with van der Waals surface area (Å²) in [4.78, 5) is 10.2. The van der Waals surface area contributed by atoms with Gasteiger partial charge in [0.2, 0.25) is 0 Å². The second kappa shape index (κ2) is 10.2. The van der Waals surface area contributed by atoms with Gasteiger partial charge in [0, 0.05) is 18.6 Å². The van der Waals surface area contributed by atoms with Crippen LogP contribution in [0.25, 0.3) is 0 Å². The zero-order valence-electron chi connectivity index (χ0n) is 8.85. The lowest BCUT2D eigenvalue weighted by Crippen LogP contribution is -2.19. The number of carboxylic acids is 1. The molecule has 0 aromatic carbocycles. The number of ether oxygens (including phenoxy) is 2. The molecule has 15 heavy (non-hydrogen) atoms. The molecule has 0 amide bonds. The quantitative estimate of drug-likeness (QED) is 0.530. The lowest BCUT2D eigenvalue weighted by Gasteiger charge is -2.10. The third-order valence-electron chi connectivity index (χ3n) is 1.51. The molecule has 0 aromatic rings. The van der Waals surface area contributed by atoms with Gasteiger partial charge in [0.05, 0.1) is 32.3 Å². The number of carbonyl (C=O) groups is 1. The largest absolute Gasteiger partial charge is 0.481 e. The highest BCUT2D eigenvalue weighted by Crippen LogP contribution is 2.05. The van der Waals surface area contributed by atoms with E-state index in [0.29, 0.717) is 24.7 Å². The van der Waals surface area contributed by atoms with Crippen LogP contribution < -0.4 is 0 Å². The Morgan fingerprint density at radius 2 is 2.20 bits per heavy atom. The molecule has 0 spiro atoms. The maximum Gasteiger partial charge on any atom is 0.304 e. The van der Waals surface area contributed by atoms with Gasteiger partial charge in [-0.1, -0.05) is 0 Å². The van der Waals surface area contributed by atoms with E-state index < -0.39 is 12.1 Å². The van der Waals surface area contributed by atoms with Gasteiger partial charge >= 0.3 is 5.97 Å². The van der Waals surface area contributed by atoms with E-state index in [1.165, 1.54) is 11.8 Å². The van der Waals surface area contributed by atoms with Crippen molar-refractivity contribution in [3.05, 3.63) is 0 Å². The molecule has 0 rings (SSSR count). The average molecular weight is 238 g/mol. The molecule has 1 atom stereocenters. The number of aliphatic hydroxyl groups is 1. The van der Waals surface area contributed by atoms with Crippen molar-refractivity contribution in [2.75, 3.05) is 38.4 Å². The Labute approximate surface area is 93.8 Å². The highest BCUT2D eigenvalue weighted by Gasteiger charge is 2.05. The molecule has 0 heterocycles. The number of hydrogen-bond donors (Lipinski definition) is 2. The summed E-state index contributed by atoms with van der Waals surface area (Å²) in [5.74, 6) is 0.207. The van der Waals surface area contributed by atoms with Crippen molar-refractivity contribution in [1.82, 2.24) is 0 Å². The minimum atomic E-state index is -0.812. The molecule has 0 aromatic heterocycles. The van der Waals surface area contributed by atoms with Crippen LogP contribution in [0.15, 0.2) is 0 Å². The molecule has 0 aliphatic carbocycles. The SMILES string of the molecule is COCCOCC(O)CSCCC(=O)O. The van der Waals surface area contributed by atoms with Crippen molar-refractivity contribution < 1.29 is 24.5 Å². The number of rotatable bonds is 10. The standard InChI is InChI=1S/C9H18O5S/c1-13-3-4-14-6-8(10)7-15-5-2-9(11)12/h8,10H,2-7H2,1H3,(H,11,12). The van der Waals surface area contributed by atoms with Gasteiger partial charge in [0.1, 0.15) is 0 Å². The van der Waals surface area contributed by atoms with Crippen LogP contribution in [-0.2, 0) is 14.3 Å². The lowest BCUT2D eigenvalue weighted by molar-refractivity contribution is -0.136. The Hall–Kier alpha value is -0.300. The molecule has 0 fully saturated rings. The monoisotopic (exact) mass is 238 g/mol. The summed E-state index contributed by atoms with van der Waals surface area (Å²) in [5.41, 5.74) is 0. The van der Waals surface area contributed by atoms with E-state index in [4.69, 9.17) is 14.6 Å². The predicted molar refractivity (Wildman–Crippen MR) is 58.3 cm³/mol. The minimum absolute atomic E-state index is 0.127. The Kier molecular flexibility index (Phi) is 10.0. The van der Waals surface area contributed by atoms with E-state index in [1.807, 2.05) is 0 Å². The zero-order chi connectivity index (χ0) is 11.5. The Morgan fingerprint density at radius 1 is 1.47 bits per heavy atom. The summed E-state index contributed by atoms with van der Waals surface area (Å²) in [6.45, 7) is 1.25. The van der Waals surface area contributed by atoms with E-state index in [1.54, 1.807) is 7.11 Å². The van der Waals surface area contributed by atoms with Crippen LogP contribution in [0.2, 0.25) is 0 Å². The summed E-state index contributed by atoms with van der Waals surface area (Å²) in [7, 11) is 1.58. The second-order valence-electron chi connectivity index (χ2n) is 2.94. The molecule has 5 nitrogen and oxygen atoms in total. The van der Waals surface area contributed by atoms with Gasteiger partial charge in [0.15, 0.2) is 0 Å². The van der Waals surface area contributed by atoms with Crippen molar-refractivity contribution in [3.8, 4) is 0 Å². The van der Waals surface area contributed by atoms with Crippen LogP contribution in [-0.4, -0.2) is 60.7 Å². The van der Waals surface area contributed by atoms with Crippen LogP contribution in [0, 0.1) is 0 Å². The number of methoxy groups -OCH3 is 1. The number of thioether (sulfide) groups is 1. The summed E-state index contributed by atoms with van der Waals surface area (Å²) in [5, 5.41) is 17.7. The molecule has 2 N–H and O–H groups in total. The molecule has 0 aliphatic heterocycles. The first-order chi connectivity index (χ1) is 7.16. The molecular weight excluding hydrogens is 220 g/mol. The van der Waals surface area contributed by atoms with Gasteiger partial charge in [-0.05, 0) is 0 Å². The lowest BCUT2D eigenvalue weighted by atomic mass is 10.4. The first kappa shape index (κ1) is 14.7. The molecule has 90 valence electrons. The third kappa shape index (κ3) is 11.6. The normalized spacial score (nSPS) is 12.7. The Bertz CT molecular complexity index is 165. The van der Waals surface area contributed by atoms with Crippen molar-refractivity contribution in [1.29, 1.82) is 0 Å².